The van der Waals surface area contributed by atoms with E-state index in [1.807, 2.05) is 37.3 Å². The molecule has 1 aliphatic rings. The first-order valence-corrected chi connectivity index (χ1v) is 12.2. The van der Waals surface area contributed by atoms with Crippen LogP contribution in [0, 0.1) is 17.0 Å². The molecule has 3 aromatic rings. The molecule has 0 unspecified atom stereocenters. The van der Waals surface area contributed by atoms with E-state index in [1.165, 1.54) is 4.90 Å². The highest BCUT2D eigenvalue weighted by molar-refractivity contribution is 6.03. The van der Waals surface area contributed by atoms with Crippen LogP contribution in [-0.2, 0) is 22.5 Å². The van der Waals surface area contributed by atoms with Crippen LogP contribution < -0.4 is 10.2 Å². The quantitative estimate of drug-likeness (QED) is 0.362. The maximum absolute atomic E-state index is 14.3. The van der Waals surface area contributed by atoms with Gasteiger partial charge in [-0.1, -0.05) is 78.4 Å². The van der Waals surface area contributed by atoms with Crippen molar-refractivity contribution in [1.82, 2.24) is 5.32 Å². The molecule has 0 saturated carbocycles. The van der Waals surface area contributed by atoms with E-state index >= 15 is 0 Å². The maximum Gasteiger partial charge on any atom is 0.408 e. The average molecular weight is 502 g/mol. The molecule has 4 rings (SSSR count). The highest BCUT2D eigenvalue weighted by atomic mass is 16.6. The Bertz CT molecular complexity index is 1300. The van der Waals surface area contributed by atoms with Crippen LogP contribution in [-0.4, -0.2) is 28.1 Å². The van der Waals surface area contributed by atoms with Crippen molar-refractivity contribution < 1.29 is 19.2 Å². The van der Waals surface area contributed by atoms with Crippen molar-refractivity contribution in [2.24, 2.45) is 0 Å². The number of amides is 2. The lowest BCUT2D eigenvalue weighted by atomic mass is 9.76. The molecule has 0 radical (unpaired) electrons. The Hall–Kier alpha value is -4.20. The number of nitro groups is 1. The van der Waals surface area contributed by atoms with Crippen molar-refractivity contribution in [3.05, 3.63) is 111 Å². The molecule has 0 aromatic heterocycles. The lowest BCUT2D eigenvalue weighted by Crippen LogP contribution is -2.64. The van der Waals surface area contributed by atoms with Crippen molar-refractivity contribution in [3.63, 3.8) is 0 Å². The number of rotatable bonds is 6. The van der Waals surface area contributed by atoms with Crippen molar-refractivity contribution in [2.75, 3.05) is 4.90 Å². The van der Waals surface area contributed by atoms with E-state index in [0.717, 1.165) is 11.1 Å². The number of aryl methyl sites for hydroxylation is 1. The molecule has 1 N–H and O–H groups in total. The number of anilines is 1. The number of hydrogen-bond donors (Lipinski definition) is 1. The van der Waals surface area contributed by atoms with E-state index in [2.05, 4.69) is 5.32 Å². The molecule has 0 spiro atoms. The van der Waals surface area contributed by atoms with Crippen LogP contribution in [0.4, 0.5) is 10.5 Å². The van der Waals surface area contributed by atoms with E-state index in [4.69, 9.17) is 4.74 Å². The fraction of sp³-hybridized carbons (Fsp3) is 0.310. The fourth-order valence-electron chi connectivity index (χ4n) is 4.69. The third kappa shape index (κ3) is 5.33. The zero-order valence-electron chi connectivity index (χ0n) is 21.4. The minimum Gasteiger partial charge on any atom is -0.444 e. The second kappa shape index (κ2) is 10.0. The molecule has 3 aromatic carbocycles. The number of nitrogens with zero attached hydrogens (tertiary/aromatic N) is 2. The monoisotopic (exact) mass is 501 g/mol. The predicted octanol–water partition coefficient (Wildman–Crippen LogP) is 5.37. The van der Waals surface area contributed by atoms with Gasteiger partial charge in [-0.2, -0.15) is 0 Å². The van der Waals surface area contributed by atoms with Gasteiger partial charge in [0.15, 0.2) is 0 Å². The number of carbonyl (C=O) groups is 2. The first kappa shape index (κ1) is 25.9. The summed E-state index contributed by atoms with van der Waals surface area (Å²) in [4.78, 5) is 41.2. The lowest BCUT2D eigenvalue weighted by molar-refractivity contribution is -0.558. The van der Waals surface area contributed by atoms with Gasteiger partial charge in [0.25, 0.3) is 0 Å². The summed E-state index contributed by atoms with van der Waals surface area (Å²) in [5.74, 6) is -0.693. The number of fused-ring (bicyclic) bond motifs is 1. The number of benzene rings is 3. The van der Waals surface area contributed by atoms with Gasteiger partial charge in [-0.25, -0.2) is 4.79 Å². The zero-order chi connectivity index (χ0) is 26.8. The Balaban J connectivity index is 1.87. The smallest absolute Gasteiger partial charge is 0.408 e. The van der Waals surface area contributed by atoms with Gasteiger partial charge < -0.3 is 15.0 Å². The summed E-state index contributed by atoms with van der Waals surface area (Å²) in [5.41, 5.74) is 0.464. The standard InChI is InChI=1S/C29H31N3O5/c1-20-14-16-22(17-15-20)25(30-27(34)37-28(2,3)4)29(32(35)36)18-23-12-8-9-13-24(23)31(26(29)33)19-21-10-6-5-7-11-21/h5-17,25H,18-19H2,1-4H3,(H,30,34)/t25-,29-/m0/s1. The van der Waals surface area contributed by atoms with Crippen molar-refractivity contribution in [2.45, 2.75) is 57.8 Å². The Labute approximate surface area is 216 Å². The molecule has 0 bridgehead atoms. The number of ether oxygens (including phenoxy) is 1. The lowest BCUT2D eigenvalue weighted by Gasteiger charge is -2.41. The first-order valence-electron chi connectivity index (χ1n) is 12.2. The SMILES string of the molecule is Cc1ccc([C@H](NC(=O)OC(C)(C)C)[C@@]2([N+](=O)[O-])Cc3ccccc3N(Cc3ccccc3)C2=O)cc1. The molecule has 2 atom stereocenters. The minimum atomic E-state index is -2.20. The highest BCUT2D eigenvalue weighted by Gasteiger charge is 2.63. The third-order valence-electron chi connectivity index (χ3n) is 6.42. The Kier molecular flexibility index (Phi) is 7.03. The van der Waals surface area contributed by atoms with E-state index in [1.54, 1.807) is 69.3 Å². The number of carbonyl (C=O) groups excluding carboxylic acids is 2. The molecule has 37 heavy (non-hydrogen) atoms. The number of nitrogens with one attached hydrogen (secondary N) is 1. The van der Waals surface area contributed by atoms with Crippen LogP contribution in [0.2, 0.25) is 0 Å². The van der Waals surface area contributed by atoms with Gasteiger partial charge in [0.05, 0.1) is 13.0 Å². The average Bonchev–Trinajstić information content (AvgIpc) is 2.84. The van der Waals surface area contributed by atoms with Gasteiger partial charge in [-0.3, -0.25) is 14.9 Å². The van der Waals surface area contributed by atoms with Crippen LogP contribution in [0.3, 0.4) is 0 Å². The Morgan fingerprint density at radius 2 is 1.68 bits per heavy atom. The van der Waals surface area contributed by atoms with E-state index in [9.17, 15) is 19.7 Å². The van der Waals surface area contributed by atoms with Gasteiger partial charge in [-0.15, -0.1) is 0 Å². The van der Waals surface area contributed by atoms with E-state index in [0.29, 0.717) is 16.8 Å². The molecule has 8 nitrogen and oxygen atoms in total. The summed E-state index contributed by atoms with van der Waals surface area (Å²) < 4.78 is 5.46. The number of para-hydroxylation sites is 1. The largest absolute Gasteiger partial charge is 0.444 e. The summed E-state index contributed by atoms with van der Waals surface area (Å²) in [6, 6.07) is 22.2. The van der Waals surface area contributed by atoms with Crippen LogP contribution >= 0.6 is 0 Å². The Morgan fingerprint density at radius 1 is 1.05 bits per heavy atom. The van der Waals surface area contributed by atoms with Crippen LogP contribution in [0.15, 0.2) is 78.9 Å². The van der Waals surface area contributed by atoms with E-state index < -0.39 is 34.1 Å². The number of alkyl carbamates (subject to hydrolysis) is 1. The maximum atomic E-state index is 14.3. The summed E-state index contributed by atoms with van der Waals surface area (Å²) in [7, 11) is 0. The van der Waals surface area contributed by atoms with Crippen molar-refractivity contribution in [3.8, 4) is 0 Å². The predicted molar refractivity (Wildman–Crippen MR) is 141 cm³/mol. The van der Waals surface area contributed by atoms with Gasteiger partial charge in [0, 0.05) is 10.6 Å². The molecule has 192 valence electrons. The van der Waals surface area contributed by atoms with Gasteiger partial charge in [-0.05, 0) is 50.5 Å². The highest BCUT2D eigenvalue weighted by Crippen LogP contribution is 2.42. The molecule has 0 fully saturated rings. The molecule has 0 saturated heterocycles. The summed E-state index contributed by atoms with van der Waals surface area (Å²) >= 11 is 0. The topological polar surface area (TPSA) is 102 Å². The second-order valence-electron chi connectivity index (χ2n) is 10.4. The van der Waals surface area contributed by atoms with E-state index in [-0.39, 0.29) is 13.0 Å². The molecule has 8 heteroatoms. The van der Waals surface area contributed by atoms with Crippen LogP contribution in [0.5, 0.6) is 0 Å². The Morgan fingerprint density at radius 3 is 2.30 bits per heavy atom. The van der Waals surface area contributed by atoms with Gasteiger partial charge in [0.1, 0.15) is 11.6 Å². The molecular weight excluding hydrogens is 470 g/mol. The van der Waals surface area contributed by atoms with Crippen LogP contribution in [0.25, 0.3) is 0 Å². The second-order valence-corrected chi connectivity index (χ2v) is 10.4. The van der Waals surface area contributed by atoms with Crippen molar-refractivity contribution in [1.29, 1.82) is 0 Å². The van der Waals surface area contributed by atoms with Gasteiger partial charge in [0.2, 0.25) is 0 Å². The van der Waals surface area contributed by atoms with Gasteiger partial charge >= 0.3 is 17.5 Å². The number of hydrogen-bond acceptors (Lipinski definition) is 5. The summed E-state index contributed by atoms with van der Waals surface area (Å²) in [5, 5.41) is 15.7. The molecule has 1 heterocycles. The minimum absolute atomic E-state index is 0.152. The molecule has 1 aliphatic heterocycles. The van der Waals surface area contributed by atoms with Crippen molar-refractivity contribution >= 4 is 17.7 Å². The summed E-state index contributed by atoms with van der Waals surface area (Å²) in [6.07, 6.45) is -1.02. The fourth-order valence-corrected chi connectivity index (χ4v) is 4.69. The molecule has 2 amide bonds. The molecular formula is C29H31N3O5. The molecule has 0 aliphatic carbocycles. The zero-order valence-corrected chi connectivity index (χ0v) is 21.4. The normalized spacial score (nSPS) is 18.1. The summed E-state index contributed by atoms with van der Waals surface area (Å²) in [6.45, 7) is 7.17. The van der Waals surface area contributed by atoms with Crippen LogP contribution in [0.1, 0.15) is 49.1 Å². The first-order chi connectivity index (χ1) is 17.5. The third-order valence-corrected chi connectivity index (χ3v) is 6.42.